The monoisotopic (exact) mass is 519 g/mol. The SMILES string of the molecule is NC(=O)c1cccnc1OC1CC2(CC(NC(=O)c3cnn4cc(OCCOC(F)(F)F)ccc34)C2)C1. The minimum atomic E-state index is -4.71. The third-order valence-corrected chi connectivity index (χ3v) is 6.68. The maximum atomic E-state index is 12.8. The number of nitrogens with one attached hydrogen (secondary N) is 1. The molecule has 2 aliphatic rings. The second kappa shape index (κ2) is 9.54. The predicted molar refractivity (Wildman–Crippen MR) is 122 cm³/mol. The van der Waals surface area contributed by atoms with Gasteiger partial charge in [0.05, 0.1) is 30.1 Å². The van der Waals surface area contributed by atoms with Crippen LogP contribution in [-0.4, -0.2) is 58.1 Å². The zero-order valence-corrected chi connectivity index (χ0v) is 19.5. The Bertz CT molecular complexity index is 1310. The Morgan fingerprint density at radius 1 is 1.14 bits per heavy atom. The molecule has 0 bridgehead atoms. The number of nitrogens with two attached hydrogens (primary N) is 1. The lowest BCUT2D eigenvalue weighted by Gasteiger charge is -2.57. The lowest BCUT2D eigenvalue weighted by Crippen LogP contribution is -2.58. The van der Waals surface area contributed by atoms with Crippen LogP contribution in [0.1, 0.15) is 46.4 Å². The van der Waals surface area contributed by atoms with Gasteiger partial charge in [0.2, 0.25) is 5.88 Å². The first-order valence-electron chi connectivity index (χ1n) is 11.6. The van der Waals surface area contributed by atoms with Crippen molar-refractivity contribution in [3.05, 3.63) is 54.0 Å². The number of aromatic nitrogens is 3. The first-order chi connectivity index (χ1) is 17.6. The summed E-state index contributed by atoms with van der Waals surface area (Å²) in [6.45, 7) is -0.926. The molecule has 5 rings (SSSR count). The first kappa shape index (κ1) is 24.8. The number of alkyl halides is 3. The Balaban J connectivity index is 1.09. The molecule has 0 aliphatic heterocycles. The van der Waals surface area contributed by atoms with Crippen LogP contribution in [0.3, 0.4) is 0 Å². The Hall–Kier alpha value is -3.87. The molecule has 0 radical (unpaired) electrons. The Morgan fingerprint density at radius 2 is 1.92 bits per heavy atom. The quantitative estimate of drug-likeness (QED) is 0.416. The number of nitrogens with zero attached hydrogens (tertiary/aromatic N) is 3. The Morgan fingerprint density at radius 3 is 2.65 bits per heavy atom. The number of halogens is 3. The van der Waals surface area contributed by atoms with Crippen molar-refractivity contribution >= 4 is 17.3 Å². The molecule has 2 saturated carbocycles. The number of amides is 2. The van der Waals surface area contributed by atoms with E-state index in [1.165, 1.54) is 16.9 Å². The van der Waals surface area contributed by atoms with E-state index in [0.717, 1.165) is 25.7 Å². The number of carbonyl (C=O) groups excluding carboxylic acids is 2. The number of rotatable bonds is 9. The van der Waals surface area contributed by atoms with E-state index in [0.29, 0.717) is 16.8 Å². The van der Waals surface area contributed by atoms with Crippen molar-refractivity contribution in [1.82, 2.24) is 19.9 Å². The number of hydrogen-bond acceptors (Lipinski definition) is 7. The van der Waals surface area contributed by atoms with Gasteiger partial charge in [-0.25, -0.2) is 9.50 Å². The highest BCUT2D eigenvalue weighted by Gasteiger charge is 2.54. The Labute approximate surface area is 208 Å². The average molecular weight is 519 g/mol. The number of pyridine rings is 2. The van der Waals surface area contributed by atoms with E-state index in [2.05, 4.69) is 20.1 Å². The van der Waals surface area contributed by atoms with Gasteiger partial charge in [0.1, 0.15) is 24.0 Å². The molecular formula is C24H24F3N5O5. The van der Waals surface area contributed by atoms with E-state index < -0.39 is 18.9 Å². The van der Waals surface area contributed by atoms with E-state index in [9.17, 15) is 22.8 Å². The third kappa shape index (κ3) is 5.45. The van der Waals surface area contributed by atoms with Gasteiger partial charge in [0.15, 0.2) is 0 Å². The van der Waals surface area contributed by atoms with Crippen molar-refractivity contribution in [2.45, 2.75) is 44.2 Å². The fourth-order valence-corrected chi connectivity index (χ4v) is 5.05. The summed E-state index contributed by atoms with van der Waals surface area (Å²) in [6, 6.07) is 6.41. The van der Waals surface area contributed by atoms with Gasteiger partial charge in [0, 0.05) is 12.2 Å². The molecule has 10 nitrogen and oxygen atoms in total. The molecule has 3 aromatic rings. The third-order valence-electron chi connectivity index (χ3n) is 6.68. The lowest BCUT2D eigenvalue weighted by atomic mass is 9.53. The second-order valence-electron chi connectivity index (χ2n) is 9.34. The van der Waals surface area contributed by atoms with Crippen LogP contribution in [-0.2, 0) is 4.74 Å². The maximum Gasteiger partial charge on any atom is 0.522 e. The normalized spacial score (nSPS) is 22.8. The predicted octanol–water partition coefficient (Wildman–Crippen LogP) is 2.86. The fourth-order valence-electron chi connectivity index (χ4n) is 5.05. The summed E-state index contributed by atoms with van der Waals surface area (Å²) < 4.78 is 52.3. The minimum Gasteiger partial charge on any atom is -0.490 e. The number of ether oxygens (including phenoxy) is 3. The molecule has 0 saturated heterocycles. The van der Waals surface area contributed by atoms with Crippen molar-refractivity contribution in [3.63, 3.8) is 0 Å². The van der Waals surface area contributed by atoms with Crippen molar-refractivity contribution in [1.29, 1.82) is 0 Å². The van der Waals surface area contributed by atoms with Crippen LogP contribution < -0.4 is 20.5 Å². The molecule has 3 N–H and O–H groups in total. The fraction of sp³-hybridized carbons (Fsp3) is 0.417. The summed E-state index contributed by atoms with van der Waals surface area (Å²) in [5, 5.41) is 7.19. The number of fused-ring (bicyclic) bond motifs is 1. The topological polar surface area (TPSA) is 130 Å². The van der Waals surface area contributed by atoms with Gasteiger partial charge in [-0.2, -0.15) is 5.10 Å². The van der Waals surface area contributed by atoms with Crippen molar-refractivity contribution in [2.75, 3.05) is 13.2 Å². The van der Waals surface area contributed by atoms with Gasteiger partial charge in [-0.1, -0.05) is 0 Å². The van der Waals surface area contributed by atoms with Gasteiger partial charge in [-0.3, -0.25) is 14.3 Å². The van der Waals surface area contributed by atoms with Crippen LogP contribution in [0.5, 0.6) is 11.6 Å². The summed E-state index contributed by atoms with van der Waals surface area (Å²) in [7, 11) is 0. The zero-order chi connectivity index (χ0) is 26.2. The molecule has 2 fully saturated rings. The summed E-state index contributed by atoms with van der Waals surface area (Å²) in [5.74, 6) is -0.302. The largest absolute Gasteiger partial charge is 0.522 e. The number of hydrogen-bond donors (Lipinski definition) is 2. The van der Waals surface area contributed by atoms with E-state index in [-0.39, 0.29) is 41.5 Å². The average Bonchev–Trinajstić information content (AvgIpc) is 3.22. The van der Waals surface area contributed by atoms with Gasteiger partial charge in [0.25, 0.3) is 11.8 Å². The molecule has 0 unspecified atom stereocenters. The number of primary amides is 1. The molecule has 0 aromatic carbocycles. The lowest BCUT2D eigenvalue weighted by molar-refractivity contribution is -0.325. The van der Waals surface area contributed by atoms with Crippen LogP contribution in [0.25, 0.3) is 5.52 Å². The molecule has 3 heterocycles. The standard InChI is InChI=1S/C24H24F3N5O5/c25-24(26,27)36-7-6-35-15-3-4-19-18(12-30-32(19)13-15)21(34)31-14-8-23(9-14)10-16(11-23)37-22-17(20(28)33)2-1-5-29-22/h1-5,12-14,16H,6-11H2,(H2,28,33)(H,31,34). The molecule has 1 spiro atoms. The van der Waals surface area contributed by atoms with Gasteiger partial charge < -0.3 is 20.5 Å². The highest BCUT2D eigenvalue weighted by atomic mass is 19.4. The van der Waals surface area contributed by atoms with Gasteiger partial charge in [-0.15, -0.1) is 13.2 Å². The van der Waals surface area contributed by atoms with Crippen LogP contribution >= 0.6 is 0 Å². The van der Waals surface area contributed by atoms with Crippen LogP contribution in [0, 0.1) is 5.41 Å². The van der Waals surface area contributed by atoms with E-state index in [4.69, 9.17) is 15.2 Å². The smallest absolute Gasteiger partial charge is 0.490 e. The van der Waals surface area contributed by atoms with Crippen molar-refractivity contribution in [2.24, 2.45) is 11.1 Å². The minimum absolute atomic E-state index is 0.0238. The van der Waals surface area contributed by atoms with Crippen molar-refractivity contribution in [3.8, 4) is 11.6 Å². The highest BCUT2D eigenvalue weighted by molar-refractivity contribution is 6.00. The number of carbonyl (C=O) groups is 2. The zero-order valence-electron chi connectivity index (χ0n) is 19.5. The molecule has 13 heteroatoms. The first-order valence-corrected chi connectivity index (χ1v) is 11.6. The Kier molecular flexibility index (Phi) is 6.40. The summed E-state index contributed by atoms with van der Waals surface area (Å²) in [4.78, 5) is 28.5. The summed E-state index contributed by atoms with van der Waals surface area (Å²) in [6.07, 6.45) is 2.96. The van der Waals surface area contributed by atoms with Crippen LogP contribution in [0.15, 0.2) is 42.9 Å². The van der Waals surface area contributed by atoms with Gasteiger partial charge in [-0.05, 0) is 55.4 Å². The highest BCUT2D eigenvalue weighted by Crippen LogP contribution is 2.56. The van der Waals surface area contributed by atoms with E-state index in [1.807, 2.05) is 0 Å². The van der Waals surface area contributed by atoms with Crippen molar-refractivity contribution < 1.29 is 37.0 Å². The van der Waals surface area contributed by atoms with Crippen LogP contribution in [0.4, 0.5) is 13.2 Å². The summed E-state index contributed by atoms with van der Waals surface area (Å²) >= 11 is 0. The second-order valence-corrected chi connectivity index (χ2v) is 9.34. The summed E-state index contributed by atoms with van der Waals surface area (Å²) in [5.41, 5.74) is 6.66. The molecule has 37 heavy (non-hydrogen) atoms. The van der Waals surface area contributed by atoms with Crippen LogP contribution in [0.2, 0.25) is 0 Å². The molecule has 0 atom stereocenters. The molecule has 3 aromatic heterocycles. The van der Waals surface area contributed by atoms with E-state index in [1.54, 1.807) is 30.5 Å². The molecule has 196 valence electrons. The maximum absolute atomic E-state index is 12.8. The molecule has 2 amide bonds. The molecular weight excluding hydrogens is 495 g/mol. The van der Waals surface area contributed by atoms with E-state index >= 15 is 0 Å². The molecule has 2 aliphatic carbocycles. The van der Waals surface area contributed by atoms with Gasteiger partial charge >= 0.3 is 6.36 Å².